The molecule has 0 spiro atoms. The Labute approximate surface area is 104 Å². The lowest BCUT2D eigenvalue weighted by atomic mass is 9.96. The van der Waals surface area contributed by atoms with Crippen LogP contribution in [0.3, 0.4) is 0 Å². The van der Waals surface area contributed by atoms with Gasteiger partial charge < -0.3 is 10.0 Å². The highest BCUT2D eigenvalue weighted by atomic mass is 79.9. The molecule has 0 heterocycles. The van der Waals surface area contributed by atoms with Gasteiger partial charge in [0.05, 0.1) is 12.0 Å². The summed E-state index contributed by atoms with van der Waals surface area (Å²) < 4.78 is 0.954. The molecule has 1 aromatic rings. The van der Waals surface area contributed by atoms with Crippen molar-refractivity contribution in [2.24, 2.45) is 5.92 Å². The van der Waals surface area contributed by atoms with E-state index in [-0.39, 0.29) is 5.91 Å². The SMILES string of the molecule is C[C@H](C(=O)N(C)C)[C@H](O)c1ccc(Br)cc1. The van der Waals surface area contributed by atoms with E-state index >= 15 is 0 Å². The van der Waals surface area contributed by atoms with Crippen LogP contribution in [0, 0.1) is 5.92 Å². The van der Waals surface area contributed by atoms with E-state index in [0.717, 1.165) is 10.0 Å². The van der Waals surface area contributed by atoms with Crippen LogP contribution in [-0.2, 0) is 4.79 Å². The summed E-state index contributed by atoms with van der Waals surface area (Å²) in [4.78, 5) is 13.2. The van der Waals surface area contributed by atoms with E-state index in [4.69, 9.17) is 0 Å². The summed E-state index contributed by atoms with van der Waals surface area (Å²) in [5.74, 6) is -0.508. The first-order chi connectivity index (χ1) is 7.43. The molecule has 1 aromatic carbocycles. The average Bonchev–Trinajstić information content (AvgIpc) is 2.27. The minimum Gasteiger partial charge on any atom is -0.388 e. The lowest BCUT2D eigenvalue weighted by molar-refractivity contribution is -0.136. The Balaban J connectivity index is 2.81. The standard InChI is InChI=1S/C12H16BrNO2/c1-8(12(16)14(2)3)11(15)9-4-6-10(13)7-5-9/h4-8,11,15H,1-3H3/t8-,11-/m0/s1. The lowest BCUT2D eigenvalue weighted by Gasteiger charge is -2.21. The second-order valence-corrected chi connectivity index (χ2v) is 4.93. The van der Waals surface area contributed by atoms with Gasteiger partial charge in [0.15, 0.2) is 0 Å². The molecule has 16 heavy (non-hydrogen) atoms. The summed E-state index contributed by atoms with van der Waals surface area (Å²) in [6.45, 7) is 1.73. The molecule has 88 valence electrons. The highest BCUT2D eigenvalue weighted by molar-refractivity contribution is 9.10. The van der Waals surface area contributed by atoms with E-state index in [0.29, 0.717) is 0 Å². The van der Waals surface area contributed by atoms with Gasteiger partial charge in [0.2, 0.25) is 5.91 Å². The second-order valence-electron chi connectivity index (χ2n) is 4.02. The van der Waals surface area contributed by atoms with Crippen molar-refractivity contribution in [2.75, 3.05) is 14.1 Å². The Bertz CT molecular complexity index is 362. The number of carbonyl (C=O) groups excluding carboxylic acids is 1. The molecular formula is C12H16BrNO2. The smallest absolute Gasteiger partial charge is 0.227 e. The van der Waals surface area contributed by atoms with Gasteiger partial charge in [0, 0.05) is 18.6 Å². The van der Waals surface area contributed by atoms with Crippen molar-refractivity contribution in [3.05, 3.63) is 34.3 Å². The molecule has 2 atom stereocenters. The number of hydrogen-bond donors (Lipinski definition) is 1. The molecular weight excluding hydrogens is 270 g/mol. The predicted molar refractivity (Wildman–Crippen MR) is 67.0 cm³/mol. The zero-order valence-corrected chi connectivity index (χ0v) is 11.2. The highest BCUT2D eigenvalue weighted by Crippen LogP contribution is 2.24. The lowest BCUT2D eigenvalue weighted by Crippen LogP contribution is -2.31. The first-order valence-corrected chi connectivity index (χ1v) is 5.87. The van der Waals surface area contributed by atoms with Gasteiger partial charge in [0.1, 0.15) is 0 Å². The van der Waals surface area contributed by atoms with Crippen LogP contribution in [-0.4, -0.2) is 30.0 Å². The van der Waals surface area contributed by atoms with Gasteiger partial charge in [-0.1, -0.05) is 35.0 Å². The summed E-state index contributed by atoms with van der Waals surface area (Å²) >= 11 is 3.33. The molecule has 0 aromatic heterocycles. The Morgan fingerprint density at radius 1 is 1.31 bits per heavy atom. The number of nitrogens with zero attached hydrogens (tertiary/aromatic N) is 1. The number of halogens is 1. The third kappa shape index (κ3) is 3.06. The second kappa shape index (κ2) is 5.46. The van der Waals surface area contributed by atoms with Crippen LogP contribution in [0.15, 0.2) is 28.7 Å². The van der Waals surface area contributed by atoms with Crippen LogP contribution in [0.25, 0.3) is 0 Å². The van der Waals surface area contributed by atoms with Crippen LogP contribution >= 0.6 is 15.9 Å². The van der Waals surface area contributed by atoms with Gasteiger partial charge in [-0.3, -0.25) is 4.79 Å². The maximum Gasteiger partial charge on any atom is 0.227 e. The van der Waals surface area contributed by atoms with E-state index in [2.05, 4.69) is 15.9 Å². The van der Waals surface area contributed by atoms with Crippen molar-refractivity contribution < 1.29 is 9.90 Å². The molecule has 1 N–H and O–H groups in total. The number of amides is 1. The zero-order chi connectivity index (χ0) is 12.3. The fourth-order valence-corrected chi connectivity index (χ4v) is 1.76. The van der Waals surface area contributed by atoms with Gasteiger partial charge in [0.25, 0.3) is 0 Å². The van der Waals surface area contributed by atoms with E-state index in [1.54, 1.807) is 21.0 Å². The number of aliphatic hydroxyl groups is 1. The van der Waals surface area contributed by atoms with Crippen LogP contribution in [0.1, 0.15) is 18.6 Å². The molecule has 1 rings (SSSR count). The number of rotatable bonds is 3. The fraction of sp³-hybridized carbons (Fsp3) is 0.417. The van der Waals surface area contributed by atoms with Gasteiger partial charge in [-0.15, -0.1) is 0 Å². The molecule has 0 fully saturated rings. The fourth-order valence-electron chi connectivity index (χ4n) is 1.49. The molecule has 0 aliphatic carbocycles. The topological polar surface area (TPSA) is 40.5 Å². The van der Waals surface area contributed by atoms with Gasteiger partial charge in [-0.2, -0.15) is 0 Å². The minimum absolute atomic E-state index is 0.0737. The average molecular weight is 286 g/mol. The van der Waals surface area contributed by atoms with Crippen LogP contribution in [0.2, 0.25) is 0 Å². The largest absolute Gasteiger partial charge is 0.388 e. The molecule has 0 bridgehead atoms. The predicted octanol–water partition coefficient (Wildman–Crippen LogP) is 2.21. The zero-order valence-electron chi connectivity index (χ0n) is 9.64. The summed E-state index contributed by atoms with van der Waals surface area (Å²) in [6.07, 6.45) is -0.761. The van der Waals surface area contributed by atoms with Gasteiger partial charge in [-0.25, -0.2) is 0 Å². The van der Waals surface area contributed by atoms with Crippen molar-refractivity contribution in [2.45, 2.75) is 13.0 Å². The van der Waals surface area contributed by atoms with Crippen LogP contribution in [0.5, 0.6) is 0 Å². The van der Waals surface area contributed by atoms with Crippen molar-refractivity contribution in [3.63, 3.8) is 0 Å². The summed E-state index contributed by atoms with van der Waals surface area (Å²) in [5, 5.41) is 10.0. The maximum atomic E-state index is 11.7. The van der Waals surface area contributed by atoms with Gasteiger partial charge >= 0.3 is 0 Å². The van der Waals surface area contributed by atoms with Gasteiger partial charge in [-0.05, 0) is 17.7 Å². The van der Waals surface area contributed by atoms with Crippen molar-refractivity contribution in [1.29, 1.82) is 0 Å². The molecule has 0 unspecified atom stereocenters. The molecule has 0 aliphatic rings. The Kier molecular flexibility index (Phi) is 4.50. The van der Waals surface area contributed by atoms with Crippen molar-refractivity contribution >= 4 is 21.8 Å². The molecule has 0 aliphatic heterocycles. The Hall–Kier alpha value is -0.870. The maximum absolute atomic E-state index is 11.7. The quantitative estimate of drug-likeness (QED) is 0.925. The van der Waals surface area contributed by atoms with E-state index < -0.39 is 12.0 Å². The molecule has 4 heteroatoms. The monoisotopic (exact) mass is 285 g/mol. The Morgan fingerprint density at radius 2 is 1.81 bits per heavy atom. The van der Waals surface area contributed by atoms with Crippen LogP contribution in [0.4, 0.5) is 0 Å². The number of carbonyl (C=O) groups is 1. The molecule has 0 radical (unpaired) electrons. The first kappa shape index (κ1) is 13.2. The van der Waals surface area contributed by atoms with E-state index in [1.165, 1.54) is 4.90 Å². The molecule has 1 amide bonds. The number of aliphatic hydroxyl groups excluding tert-OH is 1. The molecule has 0 saturated carbocycles. The molecule has 3 nitrogen and oxygen atoms in total. The number of hydrogen-bond acceptors (Lipinski definition) is 2. The Morgan fingerprint density at radius 3 is 2.25 bits per heavy atom. The van der Waals surface area contributed by atoms with Crippen molar-refractivity contribution in [1.82, 2.24) is 4.90 Å². The molecule has 0 saturated heterocycles. The van der Waals surface area contributed by atoms with E-state index in [1.807, 2.05) is 24.3 Å². The first-order valence-electron chi connectivity index (χ1n) is 5.08. The summed E-state index contributed by atoms with van der Waals surface area (Å²) in [6, 6.07) is 7.33. The summed E-state index contributed by atoms with van der Waals surface area (Å²) in [7, 11) is 3.38. The normalized spacial score (nSPS) is 14.3. The number of benzene rings is 1. The van der Waals surface area contributed by atoms with E-state index in [9.17, 15) is 9.90 Å². The minimum atomic E-state index is -0.761. The van der Waals surface area contributed by atoms with Crippen LogP contribution < -0.4 is 0 Å². The third-order valence-corrected chi connectivity index (χ3v) is 3.04. The highest BCUT2D eigenvalue weighted by Gasteiger charge is 2.24. The van der Waals surface area contributed by atoms with Crippen molar-refractivity contribution in [3.8, 4) is 0 Å². The summed E-state index contributed by atoms with van der Waals surface area (Å²) in [5.41, 5.74) is 0.755. The third-order valence-electron chi connectivity index (χ3n) is 2.52.